The van der Waals surface area contributed by atoms with Gasteiger partial charge in [0.1, 0.15) is 11.9 Å². The molecule has 2 amide bonds. The second-order valence-electron chi connectivity index (χ2n) is 7.44. The van der Waals surface area contributed by atoms with Crippen LogP contribution in [-0.2, 0) is 9.53 Å². The van der Waals surface area contributed by atoms with Crippen LogP contribution in [0.4, 0.5) is 4.79 Å². The molecule has 0 spiro atoms. The summed E-state index contributed by atoms with van der Waals surface area (Å²) >= 11 is 6.13. The van der Waals surface area contributed by atoms with Crippen LogP contribution in [0.3, 0.4) is 0 Å². The molecule has 1 saturated heterocycles. The number of primary amides is 1. The number of fused-ring (bicyclic) bond motifs is 1. The minimum atomic E-state index is -0.455. The summed E-state index contributed by atoms with van der Waals surface area (Å²) in [6, 6.07) is 14.6. The topological polar surface area (TPSA) is 81.9 Å². The van der Waals surface area contributed by atoms with Gasteiger partial charge in [0.15, 0.2) is 0 Å². The first-order valence-electron chi connectivity index (χ1n) is 9.75. The fourth-order valence-corrected chi connectivity index (χ4v) is 4.31. The Morgan fingerprint density at radius 3 is 2.69 bits per heavy atom. The van der Waals surface area contributed by atoms with E-state index in [1.54, 1.807) is 23.1 Å². The quantitative estimate of drug-likeness (QED) is 0.776. The number of benzene rings is 2. The Morgan fingerprint density at radius 1 is 1.14 bits per heavy atom. The molecule has 0 aliphatic carbocycles. The van der Waals surface area contributed by atoms with Crippen molar-refractivity contribution < 1.29 is 19.1 Å². The van der Waals surface area contributed by atoms with E-state index in [1.165, 1.54) is 0 Å². The number of amides is 2. The summed E-state index contributed by atoms with van der Waals surface area (Å²) in [5.74, 6) is -0.149. The van der Waals surface area contributed by atoms with E-state index in [1.807, 2.05) is 30.3 Å². The first-order chi connectivity index (χ1) is 14.0. The predicted octanol–water partition coefficient (Wildman–Crippen LogP) is 3.69. The molecule has 0 aromatic heterocycles. The average molecular weight is 415 g/mol. The maximum absolute atomic E-state index is 13.1. The highest BCUT2D eigenvalue weighted by atomic mass is 35.5. The number of ether oxygens (including phenoxy) is 2. The molecule has 152 valence electrons. The first kappa shape index (κ1) is 19.6. The zero-order valence-electron chi connectivity index (χ0n) is 15.9. The molecular weight excluding hydrogens is 392 g/mol. The summed E-state index contributed by atoms with van der Waals surface area (Å²) in [5.41, 5.74) is 7.27. The average Bonchev–Trinajstić information content (AvgIpc) is 2.74. The van der Waals surface area contributed by atoms with E-state index in [-0.39, 0.29) is 18.0 Å². The molecular formula is C22H23ClN2O4. The summed E-state index contributed by atoms with van der Waals surface area (Å²) in [5, 5.41) is 0.559. The lowest BCUT2D eigenvalue weighted by Crippen LogP contribution is -2.48. The van der Waals surface area contributed by atoms with Crippen molar-refractivity contribution in [2.75, 3.05) is 19.7 Å². The van der Waals surface area contributed by atoms with Gasteiger partial charge in [-0.25, -0.2) is 4.79 Å². The van der Waals surface area contributed by atoms with Crippen molar-refractivity contribution in [2.24, 2.45) is 5.73 Å². The summed E-state index contributed by atoms with van der Waals surface area (Å²) in [6.07, 6.45) is 0.758. The van der Waals surface area contributed by atoms with E-state index >= 15 is 0 Å². The van der Waals surface area contributed by atoms with Crippen LogP contribution in [0, 0.1) is 0 Å². The van der Waals surface area contributed by atoms with Crippen molar-refractivity contribution in [3.05, 3.63) is 64.7 Å². The van der Waals surface area contributed by atoms with E-state index in [4.69, 9.17) is 26.8 Å². The van der Waals surface area contributed by atoms with Crippen molar-refractivity contribution >= 4 is 23.6 Å². The molecule has 2 aliphatic heterocycles. The third-order valence-electron chi connectivity index (χ3n) is 5.65. The van der Waals surface area contributed by atoms with E-state index in [0.717, 1.165) is 11.1 Å². The zero-order valence-corrected chi connectivity index (χ0v) is 16.7. The van der Waals surface area contributed by atoms with Crippen LogP contribution in [-0.4, -0.2) is 42.7 Å². The Morgan fingerprint density at radius 2 is 1.93 bits per heavy atom. The minimum absolute atomic E-state index is 0.125. The number of likely N-dealkylation sites (tertiary alicyclic amines) is 1. The third kappa shape index (κ3) is 4.17. The van der Waals surface area contributed by atoms with Crippen LogP contribution < -0.4 is 10.5 Å². The minimum Gasteiger partial charge on any atom is -0.493 e. The highest BCUT2D eigenvalue weighted by Crippen LogP contribution is 2.38. The Labute approximate surface area is 174 Å². The fraction of sp³-hybridized carbons (Fsp3) is 0.364. The lowest BCUT2D eigenvalue weighted by Gasteiger charge is -2.38. The number of carbonyl (C=O) groups is 2. The highest BCUT2D eigenvalue weighted by Gasteiger charge is 2.37. The SMILES string of the molecule is NC(=O)N1CCC(OC(=O)C2CCOc3ccc(Cl)cc32)C(c2ccccc2)C1. The van der Waals surface area contributed by atoms with E-state index in [2.05, 4.69) is 0 Å². The van der Waals surface area contributed by atoms with Gasteiger partial charge in [0.05, 0.1) is 12.5 Å². The lowest BCUT2D eigenvalue weighted by molar-refractivity contribution is -0.154. The van der Waals surface area contributed by atoms with Crippen molar-refractivity contribution in [1.29, 1.82) is 0 Å². The molecule has 4 rings (SSSR count). The molecule has 2 aromatic rings. The Kier molecular flexibility index (Phi) is 5.62. The number of hydrogen-bond acceptors (Lipinski definition) is 4. The number of halogens is 1. The molecule has 2 N–H and O–H groups in total. The van der Waals surface area contributed by atoms with E-state index < -0.39 is 11.9 Å². The maximum atomic E-state index is 13.1. The molecule has 0 saturated carbocycles. The second kappa shape index (κ2) is 8.33. The summed E-state index contributed by atoms with van der Waals surface area (Å²) in [7, 11) is 0. The van der Waals surface area contributed by atoms with E-state index in [0.29, 0.717) is 43.3 Å². The monoisotopic (exact) mass is 414 g/mol. The van der Waals surface area contributed by atoms with Gasteiger partial charge in [-0.3, -0.25) is 4.79 Å². The number of urea groups is 1. The van der Waals surface area contributed by atoms with E-state index in [9.17, 15) is 9.59 Å². The van der Waals surface area contributed by atoms with Gasteiger partial charge in [-0.2, -0.15) is 0 Å². The zero-order chi connectivity index (χ0) is 20.4. The molecule has 0 bridgehead atoms. The molecule has 2 aromatic carbocycles. The molecule has 3 atom stereocenters. The normalized spacial score (nSPS) is 23.6. The van der Waals surface area contributed by atoms with Crippen molar-refractivity contribution in [3.63, 3.8) is 0 Å². The Balaban J connectivity index is 1.55. The Bertz CT molecular complexity index is 905. The summed E-state index contributed by atoms with van der Waals surface area (Å²) < 4.78 is 11.7. The number of nitrogens with two attached hydrogens (primary N) is 1. The lowest BCUT2D eigenvalue weighted by atomic mass is 9.87. The molecule has 7 heteroatoms. The van der Waals surface area contributed by atoms with Crippen LogP contribution in [0.5, 0.6) is 5.75 Å². The van der Waals surface area contributed by atoms with Gasteiger partial charge in [0.2, 0.25) is 0 Å². The largest absolute Gasteiger partial charge is 0.493 e. The van der Waals surface area contributed by atoms with Gasteiger partial charge < -0.3 is 20.1 Å². The third-order valence-corrected chi connectivity index (χ3v) is 5.89. The van der Waals surface area contributed by atoms with Crippen LogP contribution in [0.25, 0.3) is 0 Å². The molecule has 29 heavy (non-hydrogen) atoms. The van der Waals surface area contributed by atoms with Gasteiger partial charge in [-0.15, -0.1) is 0 Å². The standard InChI is InChI=1S/C22H23ClN2O4/c23-15-6-7-19-17(12-15)16(9-11-28-19)21(26)29-20-8-10-25(22(24)27)13-18(20)14-4-2-1-3-5-14/h1-7,12,16,18,20H,8-11,13H2,(H2,24,27). The van der Waals surface area contributed by atoms with Gasteiger partial charge in [-0.05, 0) is 30.2 Å². The molecule has 2 heterocycles. The fourth-order valence-electron chi connectivity index (χ4n) is 4.13. The highest BCUT2D eigenvalue weighted by molar-refractivity contribution is 6.30. The summed E-state index contributed by atoms with van der Waals surface area (Å²) in [4.78, 5) is 26.4. The smallest absolute Gasteiger partial charge is 0.314 e. The van der Waals surface area contributed by atoms with Crippen LogP contribution in [0.2, 0.25) is 5.02 Å². The number of hydrogen-bond donors (Lipinski definition) is 1. The van der Waals surface area contributed by atoms with Gasteiger partial charge in [0.25, 0.3) is 0 Å². The van der Waals surface area contributed by atoms with Gasteiger partial charge in [-0.1, -0.05) is 41.9 Å². The molecule has 6 nitrogen and oxygen atoms in total. The van der Waals surface area contributed by atoms with Crippen LogP contribution in [0.1, 0.15) is 35.8 Å². The molecule has 3 unspecified atom stereocenters. The Hall–Kier alpha value is -2.73. The van der Waals surface area contributed by atoms with Gasteiger partial charge in [0, 0.05) is 36.0 Å². The van der Waals surface area contributed by atoms with Gasteiger partial charge >= 0.3 is 12.0 Å². The van der Waals surface area contributed by atoms with Crippen molar-refractivity contribution in [1.82, 2.24) is 4.90 Å². The van der Waals surface area contributed by atoms with Crippen molar-refractivity contribution in [3.8, 4) is 5.75 Å². The van der Waals surface area contributed by atoms with Crippen LogP contribution in [0.15, 0.2) is 48.5 Å². The number of carbonyl (C=O) groups excluding carboxylic acids is 2. The van der Waals surface area contributed by atoms with Crippen molar-refractivity contribution in [2.45, 2.75) is 30.8 Å². The second-order valence-corrected chi connectivity index (χ2v) is 7.87. The predicted molar refractivity (Wildman–Crippen MR) is 109 cm³/mol. The van der Waals surface area contributed by atoms with Crippen LogP contribution >= 0.6 is 11.6 Å². The number of esters is 1. The maximum Gasteiger partial charge on any atom is 0.314 e. The number of nitrogens with zero attached hydrogens (tertiary/aromatic N) is 1. The number of piperidine rings is 1. The number of rotatable bonds is 3. The summed E-state index contributed by atoms with van der Waals surface area (Å²) in [6.45, 7) is 1.34. The molecule has 0 radical (unpaired) electrons. The molecule has 1 fully saturated rings. The first-order valence-corrected chi connectivity index (χ1v) is 10.1. The molecule has 2 aliphatic rings.